The number of aryl methyl sites for hydroxylation is 1. The lowest BCUT2D eigenvalue weighted by molar-refractivity contribution is -0.123. The Hall–Kier alpha value is -3.65. The summed E-state index contributed by atoms with van der Waals surface area (Å²) in [6.07, 6.45) is 0. The van der Waals surface area contributed by atoms with E-state index >= 15 is 0 Å². The van der Waals surface area contributed by atoms with Gasteiger partial charge in [0.15, 0.2) is 6.61 Å². The Morgan fingerprint density at radius 2 is 1.90 bits per heavy atom. The van der Waals surface area contributed by atoms with E-state index in [0.717, 1.165) is 11.1 Å². The van der Waals surface area contributed by atoms with Crippen LogP contribution in [0.3, 0.4) is 0 Å². The van der Waals surface area contributed by atoms with Gasteiger partial charge in [-0.2, -0.15) is 4.98 Å². The molecule has 29 heavy (non-hydrogen) atoms. The molecule has 2 aromatic carbocycles. The molecule has 0 radical (unpaired) electrons. The highest BCUT2D eigenvalue weighted by atomic mass is 16.5. The third-order valence-corrected chi connectivity index (χ3v) is 4.24. The number of phenols is 1. The van der Waals surface area contributed by atoms with Crippen LogP contribution in [0.1, 0.15) is 5.56 Å². The highest BCUT2D eigenvalue weighted by molar-refractivity contribution is 5.77. The number of hydrogen-bond donors (Lipinski definition) is 4. The predicted octanol–water partition coefficient (Wildman–Crippen LogP) is 1.57. The number of ether oxygens (including phenoxy) is 1. The van der Waals surface area contributed by atoms with E-state index in [0.29, 0.717) is 35.8 Å². The minimum Gasteiger partial charge on any atom is -0.508 e. The summed E-state index contributed by atoms with van der Waals surface area (Å²) < 4.78 is 5.44. The minimum absolute atomic E-state index is 0.101. The molecule has 1 heterocycles. The third-order valence-electron chi connectivity index (χ3n) is 4.24. The number of nitrogens with zero attached hydrogens (tertiary/aromatic N) is 1. The summed E-state index contributed by atoms with van der Waals surface area (Å²) in [6, 6.07) is 13.8. The molecule has 0 aliphatic heterocycles. The number of aromatic nitrogens is 2. The Labute approximate surface area is 167 Å². The lowest BCUT2D eigenvalue weighted by Crippen LogP contribution is -2.32. The molecule has 8 heteroatoms. The average molecular weight is 394 g/mol. The van der Waals surface area contributed by atoms with Crippen LogP contribution in [0.5, 0.6) is 11.5 Å². The van der Waals surface area contributed by atoms with Crippen molar-refractivity contribution in [1.29, 1.82) is 0 Å². The van der Waals surface area contributed by atoms with Gasteiger partial charge in [0.05, 0.1) is 11.4 Å². The van der Waals surface area contributed by atoms with Gasteiger partial charge < -0.3 is 25.9 Å². The standard InChI is InChI=1S/C21H22N4O4/c1-13-10-15(4-7-19(13)26)18-11-17(24-21(28)25-18)14-2-5-16(6-3-14)29-12-20(27)23-9-8-22/h2-7,10-11,26H,8-9,12,22H2,1H3,(H,23,27)(H,24,25,28). The van der Waals surface area contributed by atoms with Gasteiger partial charge in [0.25, 0.3) is 5.91 Å². The molecule has 0 aliphatic carbocycles. The molecule has 0 unspecified atom stereocenters. The summed E-state index contributed by atoms with van der Waals surface area (Å²) in [4.78, 5) is 30.4. The van der Waals surface area contributed by atoms with Gasteiger partial charge in [-0.25, -0.2) is 4.79 Å². The molecule has 0 spiro atoms. The van der Waals surface area contributed by atoms with Gasteiger partial charge in [-0.05, 0) is 66.6 Å². The molecule has 0 aliphatic rings. The van der Waals surface area contributed by atoms with E-state index in [1.54, 1.807) is 55.5 Å². The van der Waals surface area contributed by atoms with Gasteiger partial charge >= 0.3 is 5.69 Å². The van der Waals surface area contributed by atoms with Crippen LogP contribution >= 0.6 is 0 Å². The Morgan fingerprint density at radius 3 is 2.59 bits per heavy atom. The molecule has 0 saturated carbocycles. The number of hydrogen-bond acceptors (Lipinski definition) is 6. The second-order valence-corrected chi connectivity index (χ2v) is 6.44. The number of carbonyl (C=O) groups excluding carboxylic acids is 1. The van der Waals surface area contributed by atoms with E-state index < -0.39 is 5.69 Å². The Balaban J connectivity index is 1.78. The Bertz CT molecular complexity index is 1060. The van der Waals surface area contributed by atoms with Gasteiger partial charge in [0.1, 0.15) is 11.5 Å². The molecule has 3 aromatic rings. The van der Waals surface area contributed by atoms with E-state index in [1.165, 1.54) is 0 Å². The number of benzene rings is 2. The van der Waals surface area contributed by atoms with Crippen molar-refractivity contribution < 1.29 is 14.6 Å². The fraction of sp³-hybridized carbons (Fsp3) is 0.190. The van der Waals surface area contributed by atoms with E-state index in [4.69, 9.17) is 10.5 Å². The van der Waals surface area contributed by atoms with Gasteiger partial charge in [0.2, 0.25) is 0 Å². The van der Waals surface area contributed by atoms with Gasteiger partial charge in [0, 0.05) is 18.7 Å². The van der Waals surface area contributed by atoms with Crippen LogP contribution in [0, 0.1) is 6.92 Å². The maximum Gasteiger partial charge on any atom is 0.345 e. The van der Waals surface area contributed by atoms with Crippen LogP contribution in [0.4, 0.5) is 0 Å². The third kappa shape index (κ3) is 5.20. The zero-order valence-corrected chi connectivity index (χ0v) is 15.9. The first kappa shape index (κ1) is 20.1. The summed E-state index contributed by atoms with van der Waals surface area (Å²) in [5.74, 6) is 0.473. The number of carbonyl (C=O) groups is 1. The SMILES string of the molecule is Cc1cc(-c2cc(-c3ccc(OCC(=O)NCCN)cc3)[nH]c(=O)n2)ccc1O. The fourth-order valence-corrected chi connectivity index (χ4v) is 2.72. The first-order valence-electron chi connectivity index (χ1n) is 9.07. The number of H-pyrrole nitrogens is 1. The smallest absolute Gasteiger partial charge is 0.345 e. The number of phenolic OH excluding ortho intramolecular Hbond substituents is 1. The molecular weight excluding hydrogens is 372 g/mol. The molecule has 150 valence electrons. The second kappa shape index (κ2) is 9.03. The molecule has 8 nitrogen and oxygen atoms in total. The maximum absolute atomic E-state index is 12.0. The van der Waals surface area contributed by atoms with Crippen LogP contribution in [-0.2, 0) is 4.79 Å². The van der Waals surface area contributed by atoms with E-state index in [2.05, 4.69) is 15.3 Å². The Morgan fingerprint density at radius 1 is 1.17 bits per heavy atom. The number of aromatic hydroxyl groups is 1. The highest BCUT2D eigenvalue weighted by Crippen LogP contribution is 2.26. The second-order valence-electron chi connectivity index (χ2n) is 6.44. The summed E-state index contributed by atoms with van der Waals surface area (Å²) >= 11 is 0. The lowest BCUT2D eigenvalue weighted by Gasteiger charge is -2.09. The topological polar surface area (TPSA) is 130 Å². The van der Waals surface area contributed by atoms with Crippen molar-refractivity contribution in [2.24, 2.45) is 5.73 Å². The zero-order valence-electron chi connectivity index (χ0n) is 15.9. The van der Waals surface area contributed by atoms with Crippen molar-refractivity contribution in [2.75, 3.05) is 19.7 Å². The van der Waals surface area contributed by atoms with Crippen molar-refractivity contribution in [3.8, 4) is 34.0 Å². The van der Waals surface area contributed by atoms with Crippen LogP contribution < -0.4 is 21.5 Å². The number of nitrogens with two attached hydrogens (primary N) is 1. The number of amides is 1. The summed E-state index contributed by atoms with van der Waals surface area (Å²) in [5, 5.41) is 12.3. The molecule has 0 bridgehead atoms. The first-order valence-corrected chi connectivity index (χ1v) is 9.07. The largest absolute Gasteiger partial charge is 0.508 e. The van der Waals surface area contributed by atoms with Crippen LogP contribution in [0.2, 0.25) is 0 Å². The summed E-state index contributed by atoms with van der Waals surface area (Å²) in [5.41, 5.74) is 8.15. The quantitative estimate of drug-likeness (QED) is 0.481. The molecule has 5 N–H and O–H groups in total. The van der Waals surface area contributed by atoms with Gasteiger partial charge in [-0.15, -0.1) is 0 Å². The van der Waals surface area contributed by atoms with Crippen LogP contribution in [-0.4, -0.2) is 40.7 Å². The first-order chi connectivity index (χ1) is 14.0. The van der Waals surface area contributed by atoms with E-state index in [9.17, 15) is 14.7 Å². The molecule has 1 amide bonds. The van der Waals surface area contributed by atoms with Crippen molar-refractivity contribution in [1.82, 2.24) is 15.3 Å². The zero-order chi connectivity index (χ0) is 20.8. The van der Waals surface area contributed by atoms with Gasteiger partial charge in [-0.3, -0.25) is 4.79 Å². The van der Waals surface area contributed by atoms with Crippen molar-refractivity contribution in [3.63, 3.8) is 0 Å². The lowest BCUT2D eigenvalue weighted by atomic mass is 10.1. The molecule has 1 aromatic heterocycles. The minimum atomic E-state index is -0.472. The normalized spacial score (nSPS) is 10.6. The fourth-order valence-electron chi connectivity index (χ4n) is 2.72. The molecule has 0 saturated heterocycles. The molecule has 0 atom stereocenters. The van der Waals surface area contributed by atoms with Crippen LogP contribution in [0.25, 0.3) is 22.5 Å². The van der Waals surface area contributed by atoms with Crippen molar-refractivity contribution in [2.45, 2.75) is 6.92 Å². The van der Waals surface area contributed by atoms with E-state index in [1.807, 2.05) is 0 Å². The molecule has 0 fully saturated rings. The number of aromatic amines is 1. The number of rotatable bonds is 7. The van der Waals surface area contributed by atoms with Crippen LogP contribution in [0.15, 0.2) is 53.3 Å². The monoisotopic (exact) mass is 394 g/mol. The van der Waals surface area contributed by atoms with Gasteiger partial charge in [-0.1, -0.05) is 0 Å². The molecular formula is C21H22N4O4. The van der Waals surface area contributed by atoms with Crippen molar-refractivity contribution >= 4 is 5.91 Å². The average Bonchev–Trinajstić information content (AvgIpc) is 2.72. The number of nitrogens with one attached hydrogen (secondary N) is 2. The summed E-state index contributed by atoms with van der Waals surface area (Å²) in [7, 11) is 0. The maximum atomic E-state index is 12.0. The predicted molar refractivity (Wildman–Crippen MR) is 110 cm³/mol. The highest BCUT2D eigenvalue weighted by Gasteiger charge is 2.08. The van der Waals surface area contributed by atoms with Crippen molar-refractivity contribution in [3.05, 3.63) is 64.6 Å². The molecule has 3 rings (SSSR count). The summed E-state index contributed by atoms with van der Waals surface area (Å²) in [6.45, 7) is 2.45. The Kier molecular flexibility index (Phi) is 6.25. The van der Waals surface area contributed by atoms with E-state index in [-0.39, 0.29) is 18.3 Å².